The Labute approximate surface area is 60.2 Å². The number of hydrogen-bond donors (Lipinski definition) is 2. The number of hydrogen-bond acceptors (Lipinski definition) is 3. The number of amides is 1. The van der Waals surface area contributed by atoms with E-state index in [4.69, 9.17) is 11.5 Å². The third kappa shape index (κ3) is 1.27. The van der Waals surface area contributed by atoms with E-state index in [1.807, 2.05) is 11.9 Å². The molecule has 0 aromatic rings. The molecule has 1 saturated heterocycles. The summed E-state index contributed by atoms with van der Waals surface area (Å²) in [5.41, 5.74) is 10.7. The van der Waals surface area contributed by atoms with Gasteiger partial charge in [0.05, 0.1) is 5.92 Å². The van der Waals surface area contributed by atoms with Crippen LogP contribution in [0.3, 0.4) is 0 Å². The molecule has 4 nitrogen and oxygen atoms in total. The lowest BCUT2D eigenvalue weighted by molar-refractivity contribution is -0.121. The quantitative estimate of drug-likeness (QED) is 0.462. The third-order valence-electron chi connectivity index (χ3n) is 1.91. The van der Waals surface area contributed by atoms with Crippen LogP contribution in [0.4, 0.5) is 0 Å². The number of primary amides is 1. The summed E-state index contributed by atoms with van der Waals surface area (Å²) in [7, 11) is 1.93. The first kappa shape index (κ1) is 7.50. The third-order valence-corrected chi connectivity index (χ3v) is 1.91. The second-order valence-electron chi connectivity index (χ2n) is 2.89. The van der Waals surface area contributed by atoms with Gasteiger partial charge in [-0.25, -0.2) is 0 Å². The van der Waals surface area contributed by atoms with Crippen molar-refractivity contribution in [1.82, 2.24) is 4.90 Å². The van der Waals surface area contributed by atoms with Crippen LogP contribution in [-0.2, 0) is 4.79 Å². The molecule has 0 aliphatic carbocycles. The maximum atomic E-state index is 10.7. The monoisotopic (exact) mass is 143 g/mol. The molecule has 0 radical (unpaired) electrons. The van der Waals surface area contributed by atoms with Gasteiger partial charge in [-0.3, -0.25) is 4.79 Å². The highest BCUT2D eigenvalue weighted by molar-refractivity contribution is 5.78. The molecule has 4 heteroatoms. The number of likely N-dealkylation sites (tertiary alicyclic amines) is 1. The molecule has 0 aromatic carbocycles. The average molecular weight is 143 g/mol. The van der Waals surface area contributed by atoms with Crippen LogP contribution in [0.1, 0.15) is 0 Å². The van der Waals surface area contributed by atoms with Gasteiger partial charge < -0.3 is 16.4 Å². The first-order valence-electron chi connectivity index (χ1n) is 3.34. The Morgan fingerprint density at radius 3 is 2.40 bits per heavy atom. The minimum atomic E-state index is -0.281. The van der Waals surface area contributed by atoms with Gasteiger partial charge in [0.15, 0.2) is 0 Å². The number of carbonyl (C=O) groups excluding carboxylic acids is 1. The smallest absolute Gasteiger partial charge is 0.223 e. The van der Waals surface area contributed by atoms with Crippen molar-refractivity contribution < 1.29 is 4.79 Å². The zero-order chi connectivity index (χ0) is 7.72. The maximum absolute atomic E-state index is 10.7. The van der Waals surface area contributed by atoms with Crippen LogP contribution < -0.4 is 11.5 Å². The molecule has 10 heavy (non-hydrogen) atoms. The Balaban J connectivity index is 2.54. The molecule has 0 bridgehead atoms. The van der Waals surface area contributed by atoms with Crippen LogP contribution >= 0.6 is 0 Å². The van der Waals surface area contributed by atoms with Crippen molar-refractivity contribution in [1.29, 1.82) is 0 Å². The van der Waals surface area contributed by atoms with Crippen LogP contribution in [0.15, 0.2) is 0 Å². The lowest BCUT2D eigenvalue weighted by Crippen LogP contribution is -2.37. The van der Waals surface area contributed by atoms with E-state index in [1.54, 1.807) is 0 Å². The van der Waals surface area contributed by atoms with E-state index >= 15 is 0 Å². The van der Waals surface area contributed by atoms with Gasteiger partial charge in [0.1, 0.15) is 0 Å². The largest absolute Gasteiger partial charge is 0.369 e. The van der Waals surface area contributed by atoms with Crippen LogP contribution in [0, 0.1) is 5.92 Å². The van der Waals surface area contributed by atoms with Gasteiger partial charge in [-0.15, -0.1) is 0 Å². The second kappa shape index (κ2) is 2.56. The van der Waals surface area contributed by atoms with Crippen molar-refractivity contribution in [3.05, 3.63) is 0 Å². The molecule has 1 rings (SSSR count). The van der Waals surface area contributed by atoms with Crippen molar-refractivity contribution >= 4 is 5.91 Å². The van der Waals surface area contributed by atoms with Gasteiger partial charge in [-0.1, -0.05) is 0 Å². The fraction of sp³-hybridized carbons (Fsp3) is 0.833. The molecule has 0 aromatic heterocycles. The minimum absolute atomic E-state index is 0.0671. The highest BCUT2D eigenvalue weighted by atomic mass is 16.1. The lowest BCUT2D eigenvalue weighted by atomic mass is 10.1. The molecule has 1 fully saturated rings. The topological polar surface area (TPSA) is 72.3 Å². The summed E-state index contributed by atoms with van der Waals surface area (Å²) in [6.07, 6.45) is 0. The van der Waals surface area contributed by atoms with Crippen LogP contribution in [0.2, 0.25) is 0 Å². The number of nitrogens with zero attached hydrogens (tertiary/aromatic N) is 1. The Morgan fingerprint density at radius 1 is 1.60 bits per heavy atom. The Morgan fingerprint density at radius 2 is 2.20 bits per heavy atom. The summed E-state index contributed by atoms with van der Waals surface area (Å²) in [4.78, 5) is 12.7. The SMILES string of the molecule is CN1C[C@H](N)[C@H](C(N)=O)C1. The summed E-state index contributed by atoms with van der Waals surface area (Å²) in [6.45, 7) is 1.48. The molecule has 0 unspecified atom stereocenters. The molecule has 58 valence electrons. The molecule has 1 amide bonds. The van der Waals surface area contributed by atoms with E-state index in [1.165, 1.54) is 0 Å². The highest BCUT2D eigenvalue weighted by Gasteiger charge is 2.31. The summed E-state index contributed by atoms with van der Waals surface area (Å²) >= 11 is 0. The van der Waals surface area contributed by atoms with Gasteiger partial charge in [0.2, 0.25) is 5.91 Å². The van der Waals surface area contributed by atoms with Gasteiger partial charge >= 0.3 is 0 Å². The first-order chi connectivity index (χ1) is 4.61. The molecule has 2 atom stereocenters. The Bertz CT molecular complexity index is 148. The number of carbonyl (C=O) groups is 1. The summed E-state index contributed by atoms with van der Waals surface area (Å²) in [5.74, 6) is -0.429. The van der Waals surface area contributed by atoms with Gasteiger partial charge in [-0.05, 0) is 7.05 Å². The van der Waals surface area contributed by atoms with E-state index in [2.05, 4.69) is 0 Å². The van der Waals surface area contributed by atoms with Crippen LogP contribution in [-0.4, -0.2) is 37.0 Å². The molecular formula is C6H13N3O. The number of rotatable bonds is 1. The van der Waals surface area contributed by atoms with Crippen molar-refractivity contribution in [2.24, 2.45) is 17.4 Å². The van der Waals surface area contributed by atoms with Crippen LogP contribution in [0.5, 0.6) is 0 Å². The van der Waals surface area contributed by atoms with E-state index in [9.17, 15) is 4.79 Å². The number of nitrogens with two attached hydrogens (primary N) is 2. The molecule has 1 aliphatic heterocycles. The van der Waals surface area contributed by atoms with E-state index in [-0.39, 0.29) is 17.9 Å². The average Bonchev–Trinajstić information content (AvgIpc) is 2.10. The van der Waals surface area contributed by atoms with Crippen molar-refractivity contribution in [3.8, 4) is 0 Å². The predicted molar refractivity (Wildman–Crippen MR) is 38.2 cm³/mol. The minimum Gasteiger partial charge on any atom is -0.369 e. The summed E-state index contributed by atoms with van der Waals surface area (Å²) in [6, 6.07) is -0.0671. The van der Waals surface area contributed by atoms with Crippen LogP contribution in [0.25, 0.3) is 0 Å². The lowest BCUT2D eigenvalue weighted by Gasteiger charge is -2.07. The van der Waals surface area contributed by atoms with E-state index in [0.717, 1.165) is 6.54 Å². The molecule has 4 N–H and O–H groups in total. The van der Waals surface area contributed by atoms with Crippen molar-refractivity contribution in [2.75, 3.05) is 20.1 Å². The standard InChI is InChI=1S/C6H13N3O/c1-9-2-4(6(8)10)5(7)3-9/h4-5H,2-3,7H2,1H3,(H2,8,10)/t4-,5+/m1/s1. The Kier molecular flexibility index (Phi) is 1.92. The zero-order valence-corrected chi connectivity index (χ0v) is 6.08. The number of likely N-dealkylation sites (N-methyl/N-ethyl adjacent to an activating group) is 1. The first-order valence-corrected chi connectivity index (χ1v) is 3.34. The highest BCUT2D eigenvalue weighted by Crippen LogP contribution is 2.11. The summed E-state index contributed by atoms with van der Waals surface area (Å²) in [5, 5.41) is 0. The van der Waals surface area contributed by atoms with E-state index < -0.39 is 0 Å². The normalized spacial score (nSPS) is 34.6. The Hall–Kier alpha value is -0.610. The van der Waals surface area contributed by atoms with Gasteiger partial charge in [0, 0.05) is 19.1 Å². The van der Waals surface area contributed by atoms with E-state index in [0.29, 0.717) is 6.54 Å². The second-order valence-corrected chi connectivity index (χ2v) is 2.89. The predicted octanol–water partition coefficient (Wildman–Crippen LogP) is -1.64. The van der Waals surface area contributed by atoms with Crippen molar-refractivity contribution in [3.63, 3.8) is 0 Å². The molecule has 0 saturated carbocycles. The maximum Gasteiger partial charge on any atom is 0.223 e. The molecular weight excluding hydrogens is 130 g/mol. The van der Waals surface area contributed by atoms with Gasteiger partial charge in [-0.2, -0.15) is 0 Å². The van der Waals surface area contributed by atoms with Crippen molar-refractivity contribution in [2.45, 2.75) is 6.04 Å². The fourth-order valence-corrected chi connectivity index (χ4v) is 1.33. The molecule has 1 heterocycles. The zero-order valence-electron chi connectivity index (χ0n) is 6.08. The van der Waals surface area contributed by atoms with Gasteiger partial charge in [0.25, 0.3) is 0 Å². The molecule has 0 spiro atoms. The fourth-order valence-electron chi connectivity index (χ4n) is 1.33. The molecule has 1 aliphatic rings. The summed E-state index contributed by atoms with van der Waals surface area (Å²) < 4.78 is 0.